The molecular formula is C10H13N4+. The minimum absolute atomic E-state index is 0.930. The fourth-order valence-corrected chi connectivity index (χ4v) is 1.51. The van der Waals surface area contributed by atoms with Gasteiger partial charge in [-0.05, 0) is 12.1 Å². The summed E-state index contributed by atoms with van der Waals surface area (Å²) in [6.45, 7) is 2.09. The molecule has 0 saturated carbocycles. The van der Waals surface area contributed by atoms with Gasteiger partial charge in [-0.2, -0.15) is 0 Å². The molecule has 4 heteroatoms. The van der Waals surface area contributed by atoms with Crippen LogP contribution in [0, 0.1) is 0 Å². The van der Waals surface area contributed by atoms with Crippen molar-refractivity contribution < 1.29 is 4.90 Å². The number of rotatable bonds is 2. The normalized spacial score (nSPS) is 20.6. The molecule has 0 fully saturated rings. The summed E-state index contributed by atoms with van der Waals surface area (Å²) in [4.78, 5) is 5.24. The van der Waals surface area contributed by atoms with Gasteiger partial charge in [0, 0.05) is 18.8 Å². The molecule has 0 aromatic carbocycles. The Hall–Kier alpha value is -1.55. The fraction of sp³-hybridized carbons (Fsp3) is 0.300. The number of nitrogens with zero attached hydrogens (tertiary/aromatic N) is 3. The number of quaternary nitrogens is 1. The van der Waals surface area contributed by atoms with Crippen LogP contribution in [0.1, 0.15) is 18.9 Å². The van der Waals surface area contributed by atoms with Crippen molar-refractivity contribution in [3.63, 3.8) is 0 Å². The van der Waals surface area contributed by atoms with Crippen molar-refractivity contribution in [1.82, 2.24) is 4.98 Å². The Morgan fingerprint density at radius 3 is 2.79 bits per heavy atom. The van der Waals surface area contributed by atoms with E-state index in [-0.39, 0.29) is 0 Å². The third kappa shape index (κ3) is 1.44. The summed E-state index contributed by atoms with van der Waals surface area (Å²) in [5.41, 5.74) is 1.04. The van der Waals surface area contributed by atoms with Crippen LogP contribution in [-0.2, 0) is 0 Å². The maximum absolute atomic E-state index is 4.17. The van der Waals surface area contributed by atoms with Crippen LogP contribution in [0.2, 0.25) is 0 Å². The predicted molar refractivity (Wildman–Crippen MR) is 55.4 cm³/mol. The highest BCUT2D eigenvalue weighted by Gasteiger charge is 2.25. The highest BCUT2D eigenvalue weighted by atomic mass is 15.4. The van der Waals surface area contributed by atoms with E-state index in [0.29, 0.717) is 0 Å². The van der Waals surface area contributed by atoms with Gasteiger partial charge in [-0.3, -0.25) is 4.98 Å². The highest BCUT2D eigenvalue weighted by Crippen LogP contribution is 1.99. The Balaban J connectivity index is 2.25. The summed E-state index contributed by atoms with van der Waals surface area (Å²) in [7, 11) is 2.06. The standard InChI is InChI=1S/C10H12N4/c1-3-9-12-13-10(14(9)2)8-5-4-6-11-7-8/h4-7H,3H2,1-2H3/p+1. The summed E-state index contributed by atoms with van der Waals surface area (Å²) in [5.74, 6) is 2.03. The van der Waals surface area contributed by atoms with Gasteiger partial charge in [0.25, 0.3) is 5.84 Å². The molecule has 72 valence electrons. The molecule has 14 heavy (non-hydrogen) atoms. The van der Waals surface area contributed by atoms with Gasteiger partial charge >= 0.3 is 0 Å². The molecule has 1 aromatic rings. The maximum atomic E-state index is 4.17. The number of hydrogen-bond donors (Lipinski definition) is 1. The highest BCUT2D eigenvalue weighted by molar-refractivity contribution is 6.00. The molecule has 0 bridgehead atoms. The summed E-state index contributed by atoms with van der Waals surface area (Å²) in [5, 5.41) is 8.30. The minimum atomic E-state index is 0.930. The van der Waals surface area contributed by atoms with Crippen molar-refractivity contribution in [2.24, 2.45) is 10.2 Å². The van der Waals surface area contributed by atoms with E-state index < -0.39 is 0 Å². The molecule has 2 heterocycles. The molecule has 0 radical (unpaired) electrons. The molecule has 0 aliphatic carbocycles. The average Bonchev–Trinajstić information content (AvgIpc) is 2.61. The van der Waals surface area contributed by atoms with Gasteiger partial charge in [0.15, 0.2) is 0 Å². The lowest BCUT2D eigenvalue weighted by Gasteiger charge is -2.08. The third-order valence-corrected chi connectivity index (χ3v) is 2.33. The number of pyridine rings is 1. The number of aromatic nitrogens is 1. The second kappa shape index (κ2) is 3.67. The molecule has 1 aliphatic rings. The van der Waals surface area contributed by atoms with Crippen LogP contribution >= 0.6 is 0 Å². The molecule has 2 rings (SSSR count). The van der Waals surface area contributed by atoms with Gasteiger partial charge in [-0.25, -0.2) is 4.90 Å². The molecule has 0 spiro atoms. The van der Waals surface area contributed by atoms with Gasteiger partial charge in [0.2, 0.25) is 5.84 Å². The molecular weight excluding hydrogens is 176 g/mol. The van der Waals surface area contributed by atoms with Crippen molar-refractivity contribution in [3.05, 3.63) is 30.1 Å². The smallest absolute Gasteiger partial charge is 0.260 e. The lowest BCUT2D eigenvalue weighted by molar-refractivity contribution is -0.672. The molecule has 1 aliphatic heterocycles. The predicted octanol–water partition coefficient (Wildman–Crippen LogP) is 0.0800. The Morgan fingerprint density at radius 2 is 2.21 bits per heavy atom. The van der Waals surface area contributed by atoms with E-state index in [1.54, 1.807) is 6.20 Å². The molecule has 1 atom stereocenters. The van der Waals surface area contributed by atoms with Crippen LogP contribution in [0.4, 0.5) is 0 Å². The Bertz CT molecular complexity index is 380. The number of hydrogen-bond acceptors (Lipinski definition) is 3. The summed E-state index contributed by atoms with van der Waals surface area (Å²) in [6, 6.07) is 3.92. The molecule has 0 saturated heterocycles. The topological polar surface area (TPSA) is 42.0 Å². The van der Waals surface area contributed by atoms with E-state index in [4.69, 9.17) is 0 Å². The van der Waals surface area contributed by atoms with E-state index in [0.717, 1.165) is 23.7 Å². The van der Waals surface area contributed by atoms with Crippen LogP contribution in [0.5, 0.6) is 0 Å². The van der Waals surface area contributed by atoms with E-state index in [2.05, 4.69) is 29.2 Å². The Kier molecular flexibility index (Phi) is 2.37. The quantitative estimate of drug-likeness (QED) is 0.703. The minimum Gasteiger partial charge on any atom is -0.264 e. The van der Waals surface area contributed by atoms with Crippen LogP contribution in [0.15, 0.2) is 34.7 Å². The molecule has 1 N–H and O–H groups in total. The first-order valence-corrected chi connectivity index (χ1v) is 4.72. The third-order valence-electron chi connectivity index (χ3n) is 2.33. The zero-order chi connectivity index (χ0) is 9.97. The SMILES string of the molecule is CCC1=NN=C(c2cccnc2)[NH+]1C. The second-order valence-electron chi connectivity index (χ2n) is 3.22. The second-order valence-corrected chi connectivity index (χ2v) is 3.22. The lowest BCUT2D eigenvalue weighted by Crippen LogP contribution is -3.13. The van der Waals surface area contributed by atoms with Gasteiger partial charge < -0.3 is 0 Å². The van der Waals surface area contributed by atoms with Crippen LogP contribution in [0.3, 0.4) is 0 Å². The number of nitrogens with one attached hydrogen (secondary N) is 1. The Labute approximate surface area is 83.0 Å². The summed E-state index contributed by atoms with van der Waals surface area (Å²) in [6.07, 6.45) is 4.51. The average molecular weight is 189 g/mol. The largest absolute Gasteiger partial charge is 0.264 e. The van der Waals surface area contributed by atoms with E-state index in [1.807, 2.05) is 18.3 Å². The first-order valence-electron chi connectivity index (χ1n) is 4.72. The van der Waals surface area contributed by atoms with Crippen molar-refractivity contribution in [2.45, 2.75) is 13.3 Å². The fourth-order valence-electron chi connectivity index (χ4n) is 1.51. The van der Waals surface area contributed by atoms with Crippen molar-refractivity contribution in [2.75, 3.05) is 7.05 Å². The number of amidine groups is 2. The monoisotopic (exact) mass is 189 g/mol. The molecule has 0 amide bonds. The van der Waals surface area contributed by atoms with Gasteiger partial charge in [-0.1, -0.05) is 17.1 Å². The summed E-state index contributed by atoms with van der Waals surface area (Å²) >= 11 is 0. The van der Waals surface area contributed by atoms with Crippen molar-refractivity contribution in [3.8, 4) is 0 Å². The molecule has 1 aromatic heterocycles. The van der Waals surface area contributed by atoms with Crippen LogP contribution in [0.25, 0.3) is 0 Å². The van der Waals surface area contributed by atoms with Gasteiger partial charge in [0.05, 0.1) is 12.6 Å². The van der Waals surface area contributed by atoms with E-state index in [9.17, 15) is 0 Å². The van der Waals surface area contributed by atoms with Crippen LogP contribution < -0.4 is 4.90 Å². The summed E-state index contributed by atoms with van der Waals surface area (Å²) < 4.78 is 0. The van der Waals surface area contributed by atoms with E-state index >= 15 is 0 Å². The zero-order valence-corrected chi connectivity index (χ0v) is 8.36. The lowest BCUT2D eigenvalue weighted by atomic mass is 10.2. The van der Waals surface area contributed by atoms with Crippen LogP contribution in [-0.4, -0.2) is 23.7 Å². The van der Waals surface area contributed by atoms with Crippen molar-refractivity contribution >= 4 is 11.7 Å². The first kappa shape index (κ1) is 9.02. The molecule has 4 nitrogen and oxygen atoms in total. The maximum Gasteiger partial charge on any atom is 0.260 e. The van der Waals surface area contributed by atoms with E-state index in [1.165, 1.54) is 4.90 Å². The zero-order valence-electron chi connectivity index (χ0n) is 8.36. The van der Waals surface area contributed by atoms with Gasteiger partial charge in [-0.15, -0.1) is 0 Å². The Morgan fingerprint density at radius 1 is 1.36 bits per heavy atom. The molecule has 1 unspecified atom stereocenters. The van der Waals surface area contributed by atoms with Crippen molar-refractivity contribution in [1.29, 1.82) is 0 Å². The first-order chi connectivity index (χ1) is 6.83. The van der Waals surface area contributed by atoms with Gasteiger partial charge in [0.1, 0.15) is 0 Å².